The third kappa shape index (κ3) is 7.16. The SMILES string of the molecule is Clc1ccc(C(OCc2ccccc2)OC(OCc2ccccc2)c2ccc(Cl)cc2)cc1. The summed E-state index contributed by atoms with van der Waals surface area (Å²) in [6.07, 6.45) is -1.34. The van der Waals surface area contributed by atoms with Crippen LogP contribution in [-0.2, 0) is 27.4 Å². The first-order chi connectivity index (χ1) is 16.2. The van der Waals surface area contributed by atoms with Crippen LogP contribution in [0.2, 0.25) is 10.0 Å². The molecule has 0 saturated heterocycles. The van der Waals surface area contributed by atoms with Gasteiger partial charge in [-0.2, -0.15) is 0 Å². The Morgan fingerprint density at radius 2 is 0.848 bits per heavy atom. The molecule has 5 heteroatoms. The van der Waals surface area contributed by atoms with Crippen molar-refractivity contribution in [2.75, 3.05) is 0 Å². The molecule has 4 rings (SSSR count). The minimum atomic E-state index is -0.668. The van der Waals surface area contributed by atoms with E-state index in [0.717, 1.165) is 22.3 Å². The van der Waals surface area contributed by atoms with E-state index in [1.807, 2.05) is 109 Å². The van der Waals surface area contributed by atoms with E-state index >= 15 is 0 Å². The van der Waals surface area contributed by atoms with Crippen molar-refractivity contribution in [2.45, 2.75) is 25.8 Å². The van der Waals surface area contributed by atoms with Gasteiger partial charge < -0.3 is 14.2 Å². The van der Waals surface area contributed by atoms with Crippen molar-refractivity contribution in [3.05, 3.63) is 141 Å². The molecule has 0 spiro atoms. The summed E-state index contributed by atoms with van der Waals surface area (Å²) in [7, 11) is 0. The third-order valence-corrected chi connectivity index (χ3v) is 5.52. The Morgan fingerprint density at radius 1 is 0.485 bits per heavy atom. The van der Waals surface area contributed by atoms with Crippen LogP contribution in [0, 0.1) is 0 Å². The van der Waals surface area contributed by atoms with Crippen molar-refractivity contribution in [1.29, 1.82) is 0 Å². The fourth-order valence-electron chi connectivity index (χ4n) is 3.27. The van der Waals surface area contributed by atoms with Crippen molar-refractivity contribution in [2.24, 2.45) is 0 Å². The number of rotatable bonds is 10. The van der Waals surface area contributed by atoms with Gasteiger partial charge in [0.25, 0.3) is 0 Å². The summed E-state index contributed by atoms with van der Waals surface area (Å²) in [5, 5.41) is 1.30. The molecular formula is C28H24Cl2O3. The average molecular weight is 479 g/mol. The molecule has 0 heterocycles. The summed E-state index contributed by atoms with van der Waals surface area (Å²) >= 11 is 12.2. The van der Waals surface area contributed by atoms with Crippen LogP contribution in [-0.4, -0.2) is 0 Å². The van der Waals surface area contributed by atoms with Gasteiger partial charge in [0, 0.05) is 21.2 Å². The molecule has 168 valence electrons. The third-order valence-electron chi connectivity index (χ3n) is 5.02. The fraction of sp³-hybridized carbons (Fsp3) is 0.143. The van der Waals surface area contributed by atoms with Crippen LogP contribution < -0.4 is 0 Å². The van der Waals surface area contributed by atoms with Crippen molar-refractivity contribution >= 4 is 23.2 Å². The number of hydrogen-bond donors (Lipinski definition) is 0. The first-order valence-electron chi connectivity index (χ1n) is 10.6. The quantitative estimate of drug-likeness (QED) is 0.215. The summed E-state index contributed by atoms with van der Waals surface area (Å²) < 4.78 is 18.8. The van der Waals surface area contributed by atoms with Gasteiger partial charge in [-0.05, 0) is 35.4 Å². The Balaban J connectivity index is 1.57. The van der Waals surface area contributed by atoms with Crippen LogP contribution in [0.25, 0.3) is 0 Å². The Bertz CT molecular complexity index is 1010. The summed E-state index contributed by atoms with van der Waals surface area (Å²) in [4.78, 5) is 0. The zero-order chi connectivity index (χ0) is 22.9. The topological polar surface area (TPSA) is 27.7 Å². The minimum absolute atomic E-state index is 0.389. The van der Waals surface area contributed by atoms with Gasteiger partial charge in [0.2, 0.25) is 0 Å². The average Bonchev–Trinajstić information content (AvgIpc) is 2.86. The van der Waals surface area contributed by atoms with Crippen LogP contribution in [0.5, 0.6) is 0 Å². The maximum absolute atomic E-state index is 6.42. The zero-order valence-corrected chi connectivity index (χ0v) is 19.5. The number of hydrogen-bond acceptors (Lipinski definition) is 3. The van der Waals surface area contributed by atoms with Crippen LogP contribution >= 0.6 is 23.2 Å². The zero-order valence-electron chi connectivity index (χ0n) is 17.9. The Morgan fingerprint density at radius 3 is 1.21 bits per heavy atom. The molecule has 4 aromatic carbocycles. The molecule has 0 saturated carbocycles. The Labute approximate surface area is 204 Å². The van der Waals surface area contributed by atoms with Crippen molar-refractivity contribution in [1.82, 2.24) is 0 Å². The second-order valence-corrected chi connectivity index (χ2v) is 8.37. The van der Waals surface area contributed by atoms with E-state index in [-0.39, 0.29) is 0 Å². The van der Waals surface area contributed by atoms with Gasteiger partial charge in [-0.15, -0.1) is 0 Å². The second-order valence-electron chi connectivity index (χ2n) is 7.50. The van der Waals surface area contributed by atoms with Crippen LogP contribution in [0.3, 0.4) is 0 Å². The lowest BCUT2D eigenvalue weighted by atomic mass is 10.2. The van der Waals surface area contributed by atoms with Gasteiger partial charge in [0.15, 0.2) is 12.6 Å². The molecule has 0 aliphatic carbocycles. The predicted octanol–water partition coefficient (Wildman–Crippen LogP) is 8.14. The Hall–Kier alpha value is -2.66. The number of ether oxygens (including phenoxy) is 3. The normalized spacial score (nSPS) is 12.9. The van der Waals surface area contributed by atoms with Gasteiger partial charge in [0.1, 0.15) is 0 Å². The molecule has 0 radical (unpaired) electrons. The number of benzene rings is 4. The van der Waals surface area contributed by atoms with E-state index in [1.165, 1.54) is 0 Å². The molecule has 0 N–H and O–H groups in total. The minimum Gasteiger partial charge on any atom is -0.344 e. The maximum Gasteiger partial charge on any atom is 0.187 e. The van der Waals surface area contributed by atoms with Crippen LogP contribution in [0.15, 0.2) is 109 Å². The molecule has 0 bridgehead atoms. The largest absolute Gasteiger partial charge is 0.344 e. The lowest BCUT2D eigenvalue weighted by molar-refractivity contribution is -0.261. The highest BCUT2D eigenvalue weighted by molar-refractivity contribution is 6.30. The molecule has 0 aliphatic heterocycles. The monoisotopic (exact) mass is 478 g/mol. The summed E-state index contributed by atoms with van der Waals surface area (Å²) in [5.74, 6) is 0. The summed E-state index contributed by atoms with van der Waals surface area (Å²) in [6, 6.07) is 34.8. The van der Waals surface area contributed by atoms with Crippen LogP contribution in [0.4, 0.5) is 0 Å². The lowest BCUT2D eigenvalue weighted by Crippen LogP contribution is -2.16. The molecule has 2 unspecified atom stereocenters. The summed E-state index contributed by atoms with van der Waals surface area (Å²) in [5.41, 5.74) is 3.79. The maximum atomic E-state index is 6.42. The molecule has 33 heavy (non-hydrogen) atoms. The molecule has 0 fully saturated rings. The van der Waals surface area contributed by atoms with E-state index in [9.17, 15) is 0 Å². The first-order valence-corrected chi connectivity index (χ1v) is 11.4. The van der Waals surface area contributed by atoms with Crippen molar-refractivity contribution in [3.8, 4) is 0 Å². The lowest BCUT2D eigenvalue weighted by Gasteiger charge is -2.26. The van der Waals surface area contributed by atoms with Crippen molar-refractivity contribution in [3.63, 3.8) is 0 Å². The van der Waals surface area contributed by atoms with Gasteiger partial charge >= 0.3 is 0 Å². The van der Waals surface area contributed by atoms with E-state index < -0.39 is 12.6 Å². The number of halogens is 2. The highest BCUT2D eigenvalue weighted by atomic mass is 35.5. The smallest absolute Gasteiger partial charge is 0.187 e. The van der Waals surface area contributed by atoms with E-state index in [2.05, 4.69) is 0 Å². The van der Waals surface area contributed by atoms with Gasteiger partial charge in [-0.25, -0.2) is 0 Å². The Kier molecular flexibility index (Phi) is 8.53. The molecule has 0 aliphatic rings. The van der Waals surface area contributed by atoms with E-state index in [4.69, 9.17) is 37.4 Å². The van der Waals surface area contributed by atoms with Crippen molar-refractivity contribution < 1.29 is 14.2 Å². The molecular weight excluding hydrogens is 455 g/mol. The molecule has 4 aromatic rings. The second kappa shape index (κ2) is 12.0. The predicted molar refractivity (Wildman–Crippen MR) is 132 cm³/mol. The van der Waals surface area contributed by atoms with Gasteiger partial charge in [0.05, 0.1) is 13.2 Å². The van der Waals surface area contributed by atoms with Gasteiger partial charge in [-0.1, -0.05) is 108 Å². The standard InChI is InChI=1S/C28H24Cl2O3/c29-25-15-11-23(12-16-25)27(31-19-21-7-3-1-4-8-21)33-28(24-13-17-26(30)18-14-24)32-20-22-9-5-2-6-10-22/h1-18,27-28H,19-20H2. The molecule has 0 amide bonds. The van der Waals surface area contributed by atoms with Crippen LogP contribution in [0.1, 0.15) is 34.8 Å². The summed E-state index contributed by atoms with van der Waals surface area (Å²) in [6.45, 7) is 0.778. The first kappa shape index (κ1) is 23.5. The molecule has 3 nitrogen and oxygen atoms in total. The fourth-order valence-corrected chi connectivity index (χ4v) is 3.52. The van der Waals surface area contributed by atoms with Gasteiger partial charge in [-0.3, -0.25) is 0 Å². The van der Waals surface area contributed by atoms with E-state index in [1.54, 1.807) is 0 Å². The highest BCUT2D eigenvalue weighted by Crippen LogP contribution is 2.31. The molecule has 0 aromatic heterocycles. The highest BCUT2D eigenvalue weighted by Gasteiger charge is 2.22. The molecule has 2 atom stereocenters. The van der Waals surface area contributed by atoms with E-state index in [0.29, 0.717) is 23.3 Å².